The fraction of sp³-hybridized carbons (Fsp3) is 0.458. The van der Waals surface area contributed by atoms with Crippen molar-refractivity contribution in [2.45, 2.75) is 102 Å². The molecule has 6 N–H and O–H groups in total. The third kappa shape index (κ3) is 14.2. The van der Waals surface area contributed by atoms with Gasteiger partial charge in [-0.25, -0.2) is 0 Å². The second-order valence-corrected chi connectivity index (χ2v) is 15.7. The van der Waals surface area contributed by atoms with E-state index >= 15 is 0 Å². The fourth-order valence-electron chi connectivity index (χ4n) is 8.09. The van der Waals surface area contributed by atoms with Crippen molar-refractivity contribution in [1.29, 1.82) is 0 Å². The number of phenols is 1. The summed E-state index contributed by atoms with van der Waals surface area (Å²) >= 11 is 0. The van der Waals surface area contributed by atoms with Gasteiger partial charge < -0.3 is 31.3 Å². The molecule has 3 aromatic carbocycles. The minimum atomic E-state index is -0.296. The van der Waals surface area contributed by atoms with Gasteiger partial charge in [-0.2, -0.15) is 0 Å². The van der Waals surface area contributed by atoms with E-state index in [0.717, 1.165) is 99.1 Å². The Morgan fingerprint density at radius 3 is 2.36 bits per heavy atom. The summed E-state index contributed by atoms with van der Waals surface area (Å²) in [5.41, 5.74) is 14.0. The van der Waals surface area contributed by atoms with Crippen molar-refractivity contribution >= 4 is 17.6 Å². The van der Waals surface area contributed by atoms with Crippen molar-refractivity contribution in [3.05, 3.63) is 124 Å². The van der Waals surface area contributed by atoms with Gasteiger partial charge in [0.25, 0.3) is 0 Å². The number of Topliss-reactive ketones (excluding diaryl/α,β-unsaturated/α-hetero) is 1. The molecule has 0 spiro atoms. The van der Waals surface area contributed by atoms with E-state index in [0.29, 0.717) is 24.5 Å². The molecule has 0 radical (unpaired) electrons. The number of aliphatic hydroxyl groups is 1. The zero-order chi connectivity index (χ0) is 39.5. The molecule has 2 heterocycles. The number of hydrogen-bond donors (Lipinski definition) is 5. The second kappa shape index (κ2) is 22.9. The van der Waals surface area contributed by atoms with Gasteiger partial charge in [0.15, 0.2) is 17.3 Å². The number of aryl methyl sites for hydroxylation is 3. The van der Waals surface area contributed by atoms with Crippen molar-refractivity contribution in [2.24, 2.45) is 17.6 Å². The lowest BCUT2D eigenvalue weighted by molar-refractivity contribution is -0.124. The average Bonchev–Trinajstić information content (AvgIpc) is 3.21. The fourth-order valence-corrected chi connectivity index (χ4v) is 8.09. The molecule has 0 saturated carbocycles. The van der Waals surface area contributed by atoms with Crippen molar-refractivity contribution in [3.63, 3.8) is 0 Å². The first kappa shape index (κ1) is 42.6. The zero-order valence-electron chi connectivity index (χ0n) is 33.3. The number of benzene rings is 3. The molecule has 2 atom stereocenters. The molecule has 8 nitrogen and oxygen atoms in total. The van der Waals surface area contributed by atoms with Crippen molar-refractivity contribution in [2.75, 3.05) is 26.8 Å². The van der Waals surface area contributed by atoms with Crippen LogP contribution < -0.4 is 21.1 Å². The monoisotopic (exact) mass is 761 g/mol. The summed E-state index contributed by atoms with van der Waals surface area (Å²) in [5, 5.41) is 26.8. The number of ether oxygens (including phenoxy) is 1. The number of nitrogens with two attached hydrogens (primary N) is 1. The number of hydrogen-bond acceptors (Lipinski definition) is 8. The predicted octanol–water partition coefficient (Wildman–Crippen LogP) is 7.94. The molecule has 8 heteroatoms. The van der Waals surface area contributed by atoms with E-state index in [-0.39, 0.29) is 36.5 Å². The maximum absolute atomic E-state index is 13.0. The first-order chi connectivity index (χ1) is 27.3. The van der Waals surface area contributed by atoms with E-state index in [9.17, 15) is 19.8 Å². The van der Waals surface area contributed by atoms with Crippen molar-refractivity contribution in [3.8, 4) is 11.5 Å². The number of nitrogens with one attached hydrogen (secondary N) is 2. The quantitative estimate of drug-likeness (QED) is 0.0486. The minimum Gasteiger partial charge on any atom is -0.504 e. The van der Waals surface area contributed by atoms with Crippen LogP contribution in [0, 0.1) is 11.8 Å². The van der Waals surface area contributed by atoms with Crippen LogP contribution >= 0.6 is 0 Å². The first-order valence-electron chi connectivity index (χ1n) is 20.8. The number of allylic oxidation sites excluding steroid dienone is 3. The lowest BCUT2D eigenvalue weighted by atomic mass is 9.85. The Kier molecular flexibility index (Phi) is 17.4. The number of ketones is 2. The molecule has 1 saturated heterocycles. The van der Waals surface area contributed by atoms with Gasteiger partial charge in [-0.05, 0) is 152 Å². The first-order valence-corrected chi connectivity index (χ1v) is 20.8. The highest BCUT2D eigenvalue weighted by Crippen LogP contribution is 2.34. The van der Waals surface area contributed by atoms with Crippen LogP contribution in [-0.2, 0) is 35.3 Å². The molecule has 2 unspecified atom stereocenters. The lowest BCUT2D eigenvalue weighted by Crippen LogP contribution is -2.35. The number of carbonyl (C=O) groups is 2. The van der Waals surface area contributed by atoms with Crippen molar-refractivity contribution in [1.82, 2.24) is 10.6 Å². The summed E-state index contributed by atoms with van der Waals surface area (Å²) in [6.07, 6.45) is 19.6. The normalized spacial score (nSPS) is 16.6. The number of aliphatic hydroxyl groups excluding tert-OH is 1. The summed E-state index contributed by atoms with van der Waals surface area (Å²) in [5.74, 6) is 1.32. The number of dihydropyridines is 1. The molecule has 56 heavy (non-hydrogen) atoms. The van der Waals surface area contributed by atoms with Crippen LogP contribution in [0.25, 0.3) is 6.08 Å². The van der Waals surface area contributed by atoms with E-state index in [1.54, 1.807) is 18.2 Å². The van der Waals surface area contributed by atoms with Gasteiger partial charge in [-0.3, -0.25) is 9.59 Å². The van der Waals surface area contributed by atoms with E-state index in [1.165, 1.54) is 49.1 Å². The van der Waals surface area contributed by atoms with Crippen LogP contribution in [-0.4, -0.2) is 54.8 Å². The SMILES string of the molecule is COc1cc(C=CC(=O)CC(=O)CCCC(CCCO)CCC2CCNCC2)c(CC2=CNC(N)C=C2CCc2cccc(CCc3ccccc3)c2)cc1O. The molecule has 3 aromatic rings. The summed E-state index contributed by atoms with van der Waals surface area (Å²) in [6.45, 7) is 2.39. The summed E-state index contributed by atoms with van der Waals surface area (Å²) in [7, 11) is 1.50. The summed E-state index contributed by atoms with van der Waals surface area (Å²) < 4.78 is 5.42. The Hall–Kier alpha value is -4.50. The largest absolute Gasteiger partial charge is 0.504 e. The minimum absolute atomic E-state index is 0.0214. The highest BCUT2D eigenvalue weighted by Gasteiger charge is 2.19. The van der Waals surface area contributed by atoms with Gasteiger partial charge in [0.2, 0.25) is 0 Å². The topological polar surface area (TPSA) is 134 Å². The highest BCUT2D eigenvalue weighted by molar-refractivity contribution is 6.06. The van der Waals surface area contributed by atoms with Crippen LogP contribution in [0.15, 0.2) is 96.2 Å². The average molecular weight is 762 g/mol. The number of carbonyl (C=O) groups excluding carboxylic acids is 2. The molecule has 2 aliphatic rings. The molecular weight excluding hydrogens is 699 g/mol. The Labute approximate surface area is 334 Å². The van der Waals surface area contributed by atoms with Gasteiger partial charge in [-0.1, -0.05) is 79.9 Å². The van der Waals surface area contributed by atoms with Crippen LogP contribution in [0.4, 0.5) is 0 Å². The molecule has 0 aromatic heterocycles. The zero-order valence-corrected chi connectivity index (χ0v) is 33.3. The van der Waals surface area contributed by atoms with Gasteiger partial charge in [-0.15, -0.1) is 0 Å². The molecule has 5 rings (SSSR count). The van der Waals surface area contributed by atoms with E-state index in [2.05, 4.69) is 65.2 Å². The Morgan fingerprint density at radius 2 is 1.61 bits per heavy atom. The summed E-state index contributed by atoms with van der Waals surface area (Å²) in [6, 6.07) is 22.8. The Bertz CT molecular complexity index is 1790. The van der Waals surface area contributed by atoms with E-state index in [1.807, 2.05) is 12.3 Å². The smallest absolute Gasteiger partial charge is 0.163 e. The molecule has 300 valence electrons. The number of phenolic OH excluding ortho intramolecular Hbond substituents is 1. The molecule has 1 fully saturated rings. The van der Waals surface area contributed by atoms with Crippen LogP contribution in [0.2, 0.25) is 0 Å². The van der Waals surface area contributed by atoms with Crippen molar-refractivity contribution < 1.29 is 24.5 Å². The predicted molar refractivity (Wildman–Crippen MR) is 226 cm³/mol. The lowest BCUT2D eigenvalue weighted by Gasteiger charge is -2.25. The summed E-state index contributed by atoms with van der Waals surface area (Å²) in [4.78, 5) is 25.9. The standard InChI is InChI=1S/C48H63N3O5/c1-56-47-31-40(21-22-45(54)33-44(53)14-6-10-36(13-7-27-52)15-16-37-23-25-50-26-24-37)42(30-46(47)55)29-43-34-51-48(49)32-41(43)20-19-39-12-5-11-38(28-39)18-17-35-8-3-2-4-9-35/h2-5,8-9,11-12,21-22,28,30-32,34,36-37,48,50-52,55H,6-7,10,13-20,23-27,29,33,49H2,1H3. The number of rotatable bonds is 23. The van der Waals surface area contributed by atoms with Gasteiger partial charge in [0, 0.05) is 19.2 Å². The second-order valence-electron chi connectivity index (χ2n) is 15.7. The molecule has 0 amide bonds. The van der Waals surface area contributed by atoms with E-state index < -0.39 is 0 Å². The van der Waals surface area contributed by atoms with Crippen LogP contribution in [0.3, 0.4) is 0 Å². The van der Waals surface area contributed by atoms with Gasteiger partial charge in [0.05, 0.1) is 19.7 Å². The number of piperidine rings is 1. The van der Waals surface area contributed by atoms with Crippen LogP contribution in [0.1, 0.15) is 98.4 Å². The van der Waals surface area contributed by atoms with Gasteiger partial charge >= 0.3 is 0 Å². The molecular formula is C48H63N3O5. The van der Waals surface area contributed by atoms with E-state index in [4.69, 9.17) is 10.5 Å². The molecule has 2 aliphatic heterocycles. The Morgan fingerprint density at radius 1 is 0.893 bits per heavy atom. The Balaban J connectivity index is 1.16. The number of aromatic hydroxyl groups is 1. The van der Waals surface area contributed by atoms with Crippen LogP contribution in [0.5, 0.6) is 11.5 Å². The highest BCUT2D eigenvalue weighted by atomic mass is 16.5. The number of methoxy groups -OCH3 is 1. The third-order valence-electron chi connectivity index (χ3n) is 11.4. The maximum Gasteiger partial charge on any atom is 0.163 e. The maximum atomic E-state index is 13.0. The van der Waals surface area contributed by atoms with Gasteiger partial charge in [0.1, 0.15) is 5.78 Å². The third-order valence-corrected chi connectivity index (χ3v) is 11.4. The molecule has 0 bridgehead atoms. The molecule has 0 aliphatic carbocycles.